The summed E-state index contributed by atoms with van der Waals surface area (Å²) in [6, 6.07) is 7.98. The van der Waals surface area contributed by atoms with Gasteiger partial charge < -0.3 is 14.5 Å². The lowest BCUT2D eigenvalue weighted by atomic mass is 10.2. The standard InChI is InChI=1S/C17H26N2O2/c1-3-18-10-12-19(13-11-18)17(20)9-6-14-21-16-8-5-4-7-15(16)2/h4-5,7-8H,3,6,9-14H2,1-2H3. The summed E-state index contributed by atoms with van der Waals surface area (Å²) < 4.78 is 5.73. The maximum atomic E-state index is 12.1. The second kappa shape index (κ2) is 8.03. The molecule has 0 unspecified atom stereocenters. The average molecular weight is 290 g/mol. The van der Waals surface area contributed by atoms with Crippen molar-refractivity contribution < 1.29 is 9.53 Å². The molecular weight excluding hydrogens is 264 g/mol. The number of ether oxygens (including phenoxy) is 1. The summed E-state index contributed by atoms with van der Waals surface area (Å²) in [5.74, 6) is 1.18. The van der Waals surface area contributed by atoms with Crippen LogP contribution in [-0.2, 0) is 4.79 Å². The van der Waals surface area contributed by atoms with Crippen LogP contribution in [0.4, 0.5) is 0 Å². The van der Waals surface area contributed by atoms with Crippen LogP contribution in [0.5, 0.6) is 5.75 Å². The minimum absolute atomic E-state index is 0.263. The van der Waals surface area contributed by atoms with Crippen molar-refractivity contribution in [1.82, 2.24) is 9.80 Å². The highest BCUT2D eigenvalue weighted by Crippen LogP contribution is 2.16. The fourth-order valence-electron chi connectivity index (χ4n) is 2.60. The van der Waals surface area contributed by atoms with Gasteiger partial charge in [-0.25, -0.2) is 0 Å². The van der Waals surface area contributed by atoms with Gasteiger partial charge in [-0.15, -0.1) is 0 Å². The van der Waals surface area contributed by atoms with Crippen molar-refractivity contribution in [2.45, 2.75) is 26.7 Å². The van der Waals surface area contributed by atoms with Gasteiger partial charge in [0.1, 0.15) is 5.75 Å². The molecule has 1 aromatic rings. The molecule has 4 nitrogen and oxygen atoms in total. The van der Waals surface area contributed by atoms with E-state index in [-0.39, 0.29) is 5.91 Å². The van der Waals surface area contributed by atoms with E-state index in [2.05, 4.69) is 11.8 Å². The van der Waals surface area contributed by atoms with Crippen LogP contribution in [-0.4, -0.2) is 55.0 Å². The summed E-state index contributed by atoms with van der Waals surface area (Å²) in [5.41, 5.74) is 1.14. The zero-order chi connectivity index (χ0) is 15.1. The third-order valence-electron chi connectivity index (χ3n) is 4.06. The molecular formula is C17H26N2O2. The number of nitrogens with zero attached hydrogens (tertiary/aromatic N) is 2. The summed E-state index contributed by atoms with van der Waals surface area (Å²) in [6.45, 7) is 9.62. The van der Waals surface area contributed by atoms with Crippen LogP contribution in [0.25, 0.3) is 0 Å². The maximum absolute atomic E-state index is 12.1. The van der Waals surface area contributed by atoms with Gasteiger partial charge in [0.05, 0.1) is 6.61 Å². The van der Waals surface area contributed by atoms with E-state index in [9.17, 15) is 4.79 Å². The molecule has 1 heterocycles. The summed E-state index contributed by atoms with van der Waals surface area (Å²) >= 11 is 0. The predicted molar refractivity (Wildman–Crippen MR) is 84.6 cm³/mol. The van der Waals surface area contributed by atoms with Crippen LogP contribution in [0, 0.1) is 6.92 Å². The van der Waals surface area contributed by atoms with E-state index >= 15 is 0 Å². The van der Waals surface area contributed by atoms with Crippen LogP contribution < -0.4 is 4.74 Å². The number of hydrogen-bond acceptors (Lipinski definition) is 3. The van der Waals surface area contributed by atoms with Gasteiger partial charge >= 0.3 is 0 Å². The van der Waals surface area contributed by atoms with Gasteiger partial charge in [0.2, 0.25) is 5.91 Å². The second-order valence-electron chi connectivity index (χ2n) is 5.53. The van der Waals surface area contributed by atoms with Crippen molar-refractivity contribution in [3.63, 3.8) is 0 Å². The largest absolute Gasteiger partial charge is 0.493 e. The quantitative estimate of drug-likeness (QED) is 0.754. The lowest BCUT2D eigenvalue weighted by Gasteiger charge is -2.34. The maximum Gasteiger partial charge on any atom is 0.222 e. The van der Waals surface area contributed by atoms with Gasteiger partial charge in [-0.05, 0) is 31.5 Å². The van der Waals surface area contributed by atoms with Crippen molar-refractivity contribution in [2.24, 2.45) is 0 Å². The van der Waals surface area contributed by atoms with Gasteiger partial charge in [-0.3, -0.25) is 4.79 Å². The Hall–Kier alpha value is -1.55. The van der Waals surface area contributed by atoms with Crippen molar-refractivity contribution >= 4 is 5.91 Å². The van der Waals surface area contributed by atoms with Crippen molar-refractivity contribution in [3.05, 3.63) is 29.8 Å². The Bertz CT molecular complexity index is 454. The van der Waals surface area contributed by atoms with E-state index in [1.807, 2.05) is 36.1 Å². The molecule has 0 atom stereocenters. The Kier molecular flexibility index (Phi) is 6.05. The second-order valence-corrected chi connectivity index (χ2v) is 5.53. The zero-order valence-corrected chi connectivity index (χ0v) is 13.2. The lowest BCUT2D eigenvalue weighted by Crippen LogP contribution is -2.48. The SMILES string of the molecule is CCN1CCN(C(=O)CCCOc2ccccc2C)CC1. The first kappa shape index (κ1) is 15.8. The normalized spacial score (nSPS) is 16.0. The number of piperazine rings is 1. The lowest BCUT2D eigenvalue weighted by molar-refractivity contribution is -0.133. The number of benzene rings is 1. The highest BCUT2D eigenvalue weighted by atomic mass is 16.5. The van der Waals surface area contributed by atoms with E-state index in [4.69, 9.17) is 4.74 Å². The number of aryl methyl sites for hydroxylation is 1. The number of hydrogen-bond donors (Lipinski definition) is 0. The molecule has 0 radical (unpaired) electrons. The Balaban J connectivity index is 1.65. The van der Waals surface area contributed by atoms with Crippen molar-refractivity contribution in [3.8, 4) is 5.75 Å². The number of carbonyl (C=O) groups is 1. The van der Waals surface area contributed by atoms with Gasteiger partial charge in [0.25, 0.3) is 0 Å². The molecule has 1 fully saturated rings. The van der Waals surface area contributed by atoms with Gasteiger partial charge in [0, 0.05) is 32.6 Å². The van der Waals surface area contributed by atoms with Crippen LogP contribution in [0.2, 0.25) is 0 Å². The Morgan fingerprint density at radius 2 is 1.90 bits per heavy atom. The first-order valence-electron chi connectivity index (χ1n) is 7.89. The number of carbonyl (C=O) groups excluding carboxylic acids is 1. The molecule has 1 aromatic carbocycles. The molecule has 1 aliphatic heterocycles. The van der Waals surface area contributed by atoms with E-state index in [1.165, 1.54) is 0 Å². The Labute approximate surface area is 127 Å². The zero-order valence-electron chi connectivity index (χ0n) is 13.2. The number of likely N-dealkylation sites (N-methyl/N-ethyl adjacent to an activating group) is 1. The van der Waals surface area contributed by atoms with E-state index < -0.39 is 0 Å². The van der Waals surface area contributed by atoms with Gasteiger partial charge in [-0.1, -0.05) is 25.1 Å². The summed E-state index contributed by atoms with van der Waals surface area (Å²) in [4.78, 5) is 16.5. The molecule has 4 heteroatoms. The van der Waals surface area contributed by atoms with E-state index in [1.54, 1.807) is 0 Å². The highest BCUT2D eigenvalue weighted by molar-refractivity contribution is 5.76. The molecule has 0 aromatic heterocycles. The molecule has 21 heavy (non-hydrogen) atoms. The molecule has 0 bridgehead atoms. The highest BCUT2D eigenvalue weighted by Gasteiger charge is 2.19. The molecule has 2 rings (SSSR count). The smallest absolute Gasteiger partial charge is 0.222 e. The number of amides is 1. The Morgan fingerprint density at radius 1 is 1.19 bits per heavy atom. The minimum atomic E-state index is 0.263. The number of rotatable bonds is 6. The summed E-state index contributed by atoms with van der Waals surface area (Å²) in [7, 11) is 0. The van der Waals surface area contributed by atoms with E-state index in [0.29, 0.717) is 13.0 Å². The molecule has 0 spiro atoms. The predicted octanol–water partition coefficient (Wildman–Crippen LogP) is 2.32. The third-order valence-corrected chi connectivity index (χ3v) is 4.06. The average Bonchev–Trinajstić information content (AvgIpc) is 2.53. The minimum Gasteiger partial charge on any atom is -0.493 e. The fourth-order valence-corrected chi connectivity index (χ4v) is 2.60. The van der Waals surface area contributed by atoms with E-state index in [0.717, 1.165) is 50.5 Å². The third kappa shape index (κ3) is 4.74. The molecule has 0 aliphatic carbocycles. The molecule has 0 N–H and O–H groups in total. The first-order valence-corrected chi connectivity index (χ1v) is 7.89. The fraction of sp³-hybridized carbons (Fsp3) is 0.588. The number of para-hydroxylation sites is 1. The van der Waals surface area contributed by atoms with Crippen LogP contribution in [0.15, 0.2) is 24.3 Å². The summed E-state index contributed by atoms with van der Waals surface area (Å²) in [5, 5.41) is 0. The molecule has 1 saturated heterocycles. The van der Waals surface area contributed by atoms with Crippen LogP contribution >= 0.6 is 0 Å². The molecule has 1 aliphatic rings. The van der Waals surface area contributed by atoms with Crippen molar-refractivity contribution in [2.75, 3.05) is 39.3 Å². The Morgan fingerprint density at radius 3 is 2.57 bits per heavy atom. The van der Waals surface area contributed by atoms with Gasteiger partial charge in [0.15, 0.2) is 0 Å². The monoisotopic (exact) mass is 290 g/mol. The van der Waals surface area contributed by atoms with Gasteiger partial charge in [-0.2, -0.15) is 0 Å². The van der Waals surface area contributed by atoms with Crippen molar-refractivity contribution in [1.29, 1.82) is 0 Å². The van der Waals surface area contributed by atoms with Crippen LogP contribution in [0.1, 0.15) is 25.3 Å². The summed E-state index contributed by atoms with van der Waals surface area (Å²) in [6.07, 6.45) is 1.36. The van der Waals surface area contributed by atoms with Crippen LogP contribution in [0.3, 0.4) is 0 Å². The molecule has 116 valence electrons. The first-order chi connectivity index (χ1) is 10.2. The topological polar surface area (TPSA) is 32.8 Å². The molecule has 0 saturated carbocycles. The molecule has 1 amide bonds.